The highest BCUT2D eigenvalue weighted by Crippen LogP contribution is 2.41. The van der Waals surface area contributed by atoms with E-state index in [0.717, 1.165) is 5.56 Å². The van der Waals surface area contributed by atoms with Crippen LogP contribution in [0, 0.1) is 6.61 Å². The molecule has 0 atom stereocenters. The van der Waals surface area contributed by atoms with Crippen molar-refractivity contribution >= 4 is 0 Å². The van der Waals surface area contributed by atoms with Gasteiger partial charge in [-0.15, -0.1) is 0 Å². The van der Waals surface area contributed by atoms with E-state index in [1.165, 1.54) is 16.7 Å². The van der Waals surface area contributed by atoms with E-state index in [-0.39, 0.29) is 0 Å². The van der Waals surface area contributed by atoms with E-state index in [1.807, 2.05) is 24.8 Å². The third-order valence-corrected chi connectivity index (χ3v) is 5.04. The molecule has 1 radical (unpaired) electrons. The van der Waals surface area contributed by atoms with Crippen LogP contribution in [0.25, 0.3) is 0 Å². The maximum absolute atomic E-state index is 6.22. The lowest BCUT2D eigenvalue weighted by Crippen LogP contribution is -2.31. The Morgan fingerprint density at radius 1 is 0.500 bits per heavy atom. The minimum Gasteiger partial charge on any atom is -0.369 e. The van der Waals surface area contributed by atoms with Crippen molar-refractivity contribution < 1.29 is 4.74 Å². The Balaban J connectivity index is 1.79. The first-order valence-corrected chi connectivity index (χ1v) is 9.56. The van der Waals surface area contributed by atoms with E-state index < -0.39 is 5.41 Å². The molecule has 1 heteroatoms. The molecule has 4 aromatic rings. The van der Waals surface area contributed by atoms with E-state index >= 15 is 0 Å². The molecule has 1 nitrogen and oxygen atoms in total. The smallest absolute Gasteiger partial charge is 0.103 e. The van der Waals surface area contributed by atoms with Crippen molar-refractivity contribution in [2.75, 3.05) is 0 Å². The summed E-state index contributed by atoms with van der Waals surface area (Å²) >= 11 is 0. The highest BCUT2D eigenvalue weighted by atomic mass is 16.5. The Morgan fingerprint density at radius 3 is 1.25 bits per heavy atom. The van der Waals surface area contributed by atoms with Crippen molar-refractivity contribution in [1.82, 2.24) is 0 Å². The SMILES string of the molecule is [CH](OCc1ccccc1)C(c1ccccc1)(c1ccccc1)c1ccccc1. The second kappa shape index (κ2) is 8.69. The van der Waals surface area contributed by atoms with Crippen molar-refractivity contribution in [2.24, 2.45) is 0 Å². The van der Waals surface area contributed by atoms with Crippen LogP contribution in [0.3, 0.4) is 0 Å². The van der Waals surface area contributed by atoms with Crippen LogP contribution in [-0.2, 0) is 16.8 Å². The predicted molar refractivity (Wildman–Crippen MR) is 115 cm³/mol. The van der Waals surface area contributed by atoms with Crippen molar-refractivity contribution in [1.29, 1.82) is 0 Å². The van der Waals surface area contributed by atoms with Crippen LogP contribution in [0.15, 0.2) is 121 Å². The van der Waals surface area contributed by atoms with Crippen molar-refractivity contribution in [2.45, 2.75) is 12.0 Å². The molecule has 28 heavy (non-hydrogen) atoms. The number of benzene rings is 4. The maximum Gasteiger partial charge on any atom is 0.103 e. The zero-order chi connectivity index (χ0) is 19.1. The fourth-order valence-electron chi connectivity index (χ4n) is 3.64. The molecule has 0 bridgehead atoms. The van der Waals surface area contributed by atoms with Crippen molar-refractivity contribution in [3.8, 4) is 0 Å². The van der Waals surface area contributed by atoms with Crippen LogP contribution in [0.4, 0.5) is 0 Å². The minimum absolute atomic E-state index is 0.488. The molecule has 4 rings (SSSR count). The summed E-state index contributed by atoms with van der Waals surface area (Å²) < 4.78 is 6.22. The Morgan fingerprint density at radius 2 is 0.857 bits per heavy atom. The molecule has 0 aromatic heterocycles. The summed E-state index contributed by atoms with van der Waals surface area (Å²) in [5.41, 5.74) is 4.21. The third kappa shape index (κ3) is 3.76. The van der Waals surface area contributed by atoms with E-state index in [4.69, 9.17) is 4.74 Å². The van der Waals surface area contributed by atoms with Gasteiger partial charge < -0.3 is 4.74 Å². The van der Waals surface area contributed by atoms with E-state index in [1.54, 1.807) is 0 Å². The van der Waals surface area contributed by atoms with Gasteiger partial charge >= 0.3 is 0 Å². The number of ether oxygens (including phenoxy) is 1. The fraction of sp³-hybridized carbons (Fsp3) is 0.0741. The van der Waals surface area contributed by atoms with Gasteiger partial charge in [0.05, 0.1) is 12.0 Å². The molecule has 0 aliphatic carbocycles. The number of rotatable bonds is 7. The highest BCUT2D eigenvalue weighted by Gasteiger charge is 2.37. The largest absolute Gasteiger partial charge is 0.369 e. The van der Waals surface area contributed by atoms with E-state index in [2.05, 4.69) is 103 Å². The Kier molecular flexibility index (Phi) is 5.65. The van der Waals surface area contributed by atoms with Crippen LogP contribution in [0.2, 0.25) is 0 Å². The zero-order valence-electron chi connectivity index (χ0n) is 15.7. The molecule has 0 amide bonds. The molecule has 0 aliphatic rings. The lowest BCUT2D eigenvalue weighted by Gasteiger charge is -2.35. The molecule has 0 saturated carbocycles. The van der Waals surface area contributed by atoms with Crippen LogP contribution in [0.1, 0.15) is 22.3 Å². The molecule has 0 heterocycles. The fourth-order valence-corrected chi connectivity index (χ4v) is 3.64. The van der Waals surface area contributed by atoms with Crippen LogP contribution < -0.4 is 0 Å². The van der Waals surface area contributed by atoms with Gasteiger partial charge in [0.25, 0.3) is 0 Å². The van der Waals surface area contributed by atoms with Gasteiger partial charge in [-0.2, -0.15) is 0 Å². The Labute approximate surface area is 167 Å². The van der Waals surface area contributed by atoms with Gasteiger partial charge in [0.15, 0.2) is 0 Å². The molecule has 137 valence electrons. The van der Waals surface area contributed by atoms with Crippen LogP contribution in [0.5, 0.6) is 0 Å². The summed E-state index contributed by atoms with van der Waals surface area (Å²) in [6, 6.07) is 41.9. The molecule has 0 N–H and O–H groups in total. The van der Waals surface area contributed by atoms with Gasteiger partial charge in [-0.1, -0.05) is 121 Å². The lowest BCUT2D eigenvalue weighted by molar-refractivity contribution is 0.159. The summed E-state index contributed by atoms with van der Waals surface area (Å²) in [5.74, 6) is 0. The first kappa shape index (κ1) is 18.2. The summed E-state index contributed by atoms with van der Waals surface area (Å²) in [4.78, 5) is 0. The molecule has 4 aromatic carbocycles. The van der Waals surface area contributed by atoms with Crippen LogP contribution >= 0.6 is 0 Å². The molecular formula is C27H23O. The van der Waals surface area contributed by atoms with E-state index in [0.29, 0.717) is 6.61 Å². The zero-order valence-corrected chi connectivity index (χ0v) is 15.7. The summed E-state index contributed by atoms with van der Waals surface area (Å²) in [6.45, 7) is 2.54. The maximum atomic E-state index is 6.22. The first-order chi connectivity index (χ1) is 13.9. The molecule has 0 aliphatic heterocycles. The second-order valence-corrected chi connectivity index (χ2v) is 6.82. The van der Waals surface area contributed by atoms with Crippen molar-refractivity contribution in [3.05, 3.63) is 150 Å². The molecule has 0 spiro atoms. The second-order valence-electron chi connectivity index (χ2n) is 6.82. The highest BCUT2D eigenvalue weighted by molar-refractivity contribution is 5.52. The molecule has 0 unspecified atom stereocenters. The van der Waals surface area contributed by atoms with Gasteiger partial charge in [0.1, 0.15) is 6.61 Å². The van der Waals surface area contributed by atoms with E-state index in [9.17, 15) is 0 Å². The predicted octanol–water partition coefficient (Wildman–Crippen LogP) is 6.40. The van der Waals surface area contributed by atoms with Gasteiger partial charge in [0, 0.05) is 0 Å². The molecular weight excluding hydrogens is 340 g/mol. The summed E-state index contributed by atoms with van der Waals surface area (Å²) in [6.07, 6.45) is 0. The van der Waals surface area contributed by atoms with Gasteiger partial charge in [-0.05, 0) is 22.3 Å². The summed E-state index contributed by atoms with van der Waals surface area (Å²) in [5, 5.41) is 0. The van der Waals surface area contributed by atoms with Gasteiger partial charge in [-0.25, -0.2) is 0 Å². The van der Waals surface area contributed by atoms with Gasteiger partial charge in [0.2, 0.25) is 0 Å². The van der Waals surface area contributed by atoms with Gasteiger partial charge in [-0.3, -0.25) is 0 Å². The average Bonchev–Trinajstić information content (AvgIpc) is 2.79. The minimum atomic E-state index is -0.488. The Hall–Kier alpha value is -3.16. The van der Waals surface area contributed by atoms with Crippen LogP contribution in [-0.4, -0.2) is 0 Å². The average molecular weight is 363 g/mol. The third-order valence-electron chi connectivity index (χ3n) is 5.04. The van der Waals surface area contributed by atoms with Crippen molar-refractivity contribution in [3.63, 3.8) is 0 Å². The molecule has 0 fully saturated rings. The quantitative estimate of drug-likeness (QED) is 0.345. The topological polar surface area (TPSA) is 9.23 Å². The lowest BCUT2D eigenvalue weighted by atomic mass is 9.70. The number of hydrogen-bond acceptors (Lipinski definition) is 1. The molecule has 0 saturated heterocycles. The monoisotopic (exact) mass is 363 g/mol. The Bertz CT molecular complexity index is 867. The number of hydrogen-bond donors (Lipinski definition) is 0. The normalized spacial score (nSPS) is 11.3. The summed E-state index contributed by atoms with van der Waals surface area (Å²) in [7, 11) is 0. The first-order valence-electron chi connectivity index (χ1n) is 9.56. The standard InChI is InChI=1S/C27H23O/c1-5-13-23(14-6-1)21-28-22-27(24-15-7-2-8-16-24,25-17-9-3-10-18-25)26-19-11-4-12-20-26/h1-20,22H,21H2.